The molecule has 0 aromatic heterocycles. The topological polar surface area (TPSA) is 44.5 Å². The molecule has 0 aliphatic rings. The molecule has 118 valence electrons. The van der Waals surface area contributed by atoms with Crippen molar-refractivity contribution in [3.8, 4) is 11.5 Å². The highest BCUT2D eigenvalue weighted by Crippen LogP contribution is 2.33. The van der Waals surface area contributed by atoms with Gasteiger partial charge < -0.3 is 15.2 Å². The minimum absolute atomic E-state index is 0.135. The molecule has 0 fully saturated rings. The fourth-order valence-electron chi connectivity index (χ4n) is 2.31. The fourth-order valence-corrected chi connectivity index (χ4v) is 2.31. The Kier molecular flexibility index (Phi) is 6.28. The second-order valence-corrected chi connectivity index (χ2v) is 5.32. The molecule has 0 amide bonds. The number of nitrogens with two attached hydrogens (primary N) is 1. The van der Waals surface area contributed by atoms with Crippen molar-refractivity contribution < 1.29 is 9.47 Å². The van der Waals surface area contributed by atoms with E-state index in [4.69, 9.17) is 15.2 Å². The monoisotopic (exact) mass is 299 g/mol. The van der Waals surface area contributed by atoms with E-state index >= 15 is 0 Å². The van der Waals surface area contributed by atoms with Gasteiger partial charge >= 0.3 is 0 Å². The van der Waals surface area contributed by atoms with Crippen LogP contribution in [0.4, 0.5) is 0 Å². The Labute approximate surface area is 133 Å². The van der Waals surface area contributed by atoms with E-state index in [0.717, 1.165) is 35.5 Å². The summed E-state index contributed by atoms with van der Waals surface area (Å²) in [7, 11) is 0. The first-order chi connectivity index (χ1) is 10.7. The second-order valence-electron chi connectivity index (χ2n) is 5.32. The summed E-state index contributed by atoms with van der Waals surface area (Å²) in [6.45, 7) is 5.22. The lowest BCUT2D eigenvalue weighted by Crippen LogP contribution is -2.21. The van der Waals surface area contributed by atoms with E-state index in [-0.39, 0.29) is 6.04 Å². The SMILES string of the molecule is CCOc1cccc(CC(N)CC)c1OCc1ccccc1. The Morgan fingerprint density at radius 3 is 2.41 bits per heavy atom. The number of rotatable bonds is 8. The van der Waals surface area contributed by atoms with Gasteiger partial charge in [-0.3, -0.25) is 0 Å². The summed E-state index contributed by atoms with van der Waals surface area (Å²) in [5.41, 5.74) is 8.35. The third-order valence-electron chi connectivity index (χ3n) is 3.59. The lowest BCUT2D eigenvalue weighted by atomic mass is 10.0. The Hall–Kier alpha value is -2.00. The van der Waals surface area contributed by atoms with E-state index in [1.54, 1.807) is 0 Å². The molecule has 2 rings (SSSR count). The maximum absolute atomic E-state index is 6.11. The number of para-hydroxylation sites is 1. The second kappa shape index (κ2) is 8.44. The molecule has 0 spiro atoms. The smallest absolute Gasteiger partial charge is 0.164 e. The van der Waals surface area contributed by atoms with Gasteiger partial charge in [0.15, 0.2) is 11.5 Å². The highest BCUT2D eigenvalue weighted by atomic mass is 16.5. The standard InChI is InChI=1S/C19H25NO2/c1-3-17(20)13-16-11-8-12-18(21-4-2)19(16)22-14-15-9-6-5-7-10-15/h5-12,17H,3-4,13-14,20H2,1-2H3. The summed E-state index contributed by atoms with van der Waals surface area (Å²) in [6.07, 6.45) is 1.73. The molecule has 0 aliphatic carbocycles. The molecule has 0 aliphatic heterocycles. The van der Waals surface area contributed by atoms with E-state index in [2.05, 4.69) is 25.1 Å². The van der Waals surface area contributed by atoms with Crippen molar-refractivity contribution in [2.24, 2.45) is 5.73 Å². The zero-order valence-corrected chi connectivity index (χ0v) is 13.4. The van der Waals surface area contributed by atoms with Crippen molar-refractivity contribution in [1.82, 2.24) is 0 Å². The molecular weight excluding hydrogens is 274 g/mol. The van der Waals surface area contributed by atoms with Crippen LogP contribution in [0.3, 0.4) is 0 Å². The quantitative estimate of drug-likeness (QED) is 0.803. The predicted molar refractivity (Wildman–Crippen MR) is 90.4 cm³/mol. The summed E-state index contributed by atoms with van der Waals surface area (Å²) in [5, 5.41) is 0. The number of hydrogen-bond donors (Lipinski definition) is 1. The molecule has 1 atom stereocenters. The average molecular weight is 299 g/mol. The molecule has 3 heteroatoms. The summed E-state index contributed by atoms with van der Waals surface area (Å²) in [4.78, 5) is 0. The Morgan fingerprint density at radius 2 is 1.73 bits per heavy atom. The van der Waals surface area contributed by atoms with Crippen molar-refractivity contribution in [2.75, 3.05) is 6.61 Å². The van der Waals surface area contributed by atoms with Crippen molar-refractivity contribution in [2.45, 2.75) is 39.3 Å². The van der Waals surface area contributed by atoms with Crippen LogP contribution < -0.4 is 15.2 Å². The predicted octanol–water partition coefficient (Wildman–Crippen LogP) is 3.94. The number of benzene rings is 2. The maximum Gasteiger partial charge on any atom is 0.164 e. The molecule has 0 saturated carbocycles. The molecule has 0 bridgehead atoms. The largest absolute Gasteiger partial charge is 0.490 e. The summed E-state index contributed by atoms with van der Waals surface area (Å²) in [6, 6.07) is 16.3. The zero-order chi connectivity index (χ0) is 15.8. The van der Waals surface area contributed by atoms with Gasteiger partial charge in [0, 0.05) is 6.04 Å². The summed E-state index contributed by atoms with van der Waals surface area (Å²) in [5.74, 6) is 1.61. The molecule has 0 saturated heterocycles. The lowest BCUT2D eigenvalue weighted by molar-refractivity contribution is 0.266. The van der Waals surface area contributed by atoms with E-state index in [9.17, 15) is 0 Å². The maximum atomic E-state index is 6.11. The molecule has 2 N–H and O–H groups in total. The first-order valence-corrected chi connectivity index (χ1v) is 7.91. The average Bonchev–Trinajstić information content (AvgIpc) is 2.55. The normalized spacial score (nSPS) is 12.0. The number of hydrogen-bond acceptors (Lipinski definition) is 3. The van der Waals surface area contributed by atoms with Crippen LogP contribution in [0, 0.1) is 0 Å². The molecule has 0 heterocycles. The third kappa shape index (κ3) is 4.50. The van der Waals surface area contributed by atoms with E-state index in [0.29, 0.717) is 13.2 Å². The molecule has 3 nitrogen and oxygen atoms in total. The highest BCUT2D eigenvalue weighted by Gasteiger charge is 2.13. The summed E-state index contributed by atoms with van der Waals surface area (Å²) < 4.78 is 11.8. The van der Waals surface area contributed by atoms with Crippen LogP contribution >= 0.6 is 0 Å². The first-order valence-electron chi connectivity index (χ1n) is 7.91. The minimum atomic E-state index is 0.135. The first kappa shape index (κ1) is 16.4. The Bertz CT molecular complexity index is 569. The zero-order valence-electron chi connectivity index (χ0n) is 13.4. The lowest BCUT2D eigenvalue weighted by Gasteiger charge is -2.18. The molecule has 0 radical (unpaired) electrons. The van der Waals surface area contributed by atoms with Crippen LogP contribution in [0.2, 0.25) is 0 Å². The van der Waals surface area contributed by atoms with Gasteiger partial charge in [-0.25, -0.2) is 0 Å². The molecule has 1 unspecified atom stereocenters. The van der Waals surface area contributed by atoms with Crippen molar-refractivity contribution in [3.63, 3.8) is 0 Å². The van der Waals surface area contributed by atoms with Crippen molar-refractivity contribution >= 4 is 0 Å². The van der Waals surface area contributed by atoms with Crippen LogP contribution in [0.25, 0.3) is 0 Å². The van der Waals surface area contributed by atoms with Gasteiger partial charge in [-0.1, -0.05) is 49.4 Å². The minimum Gasteiger partial charge on any atom is -0.490 e. The van der Waals surface area contributed by atoms with E-state index in [1.807, 2.05) is 37.3 Å². The number of ether oxygens (including phenoxy) is 2. The summed E-state index contributed by atoms with van der Waals surface area (Å²) >= 11 is 0. The molecule has 2 aromatic rings. The third-order valence-corrected chi connectivity index (χ3v) is 3.59. The highest BCUT2D eigenvalue weighted by molar-refractivity contribution is 5.47. The van der Waals surface area contributed by atoms with E-state index < -0.39 is 0 Å². The van der Waals surface area contributed by atoms with Gasteiger partial charge in [-0.2, -0.15) is 0 Å². The molecular formula is C19H25NO2. The van der Waals surface area contributed by atoms with Crippen LogP contribution in [0.1, 0.15) is 31.4 Å². The van der Waals surface area contributed by atoms with Gasteiger partial charge in [-0.15, -0.1) is 0 Å². The fraction of sp³-hybridized carbons (Fsp3) is 0.368. The molecule has 2 aromatic carbocycles. The van der Waals surface area contributed by atoms with Gasteiger partial charge in [0.2, 0.25) is 0 Å². The van der Waals surface area contributed by atoms with E-state index in [1.165, 1.54) is 0 Å². The van der Waals surface area contributed by atoms with Gasteiger partial charge in [0.25, 0.3) is 0 Å². The van der Waals surface area contributed by atoms with Crippen LogP contribution in [-0.4, -0.2) is 12.6 Å². The van der Waals surface area contributed by atoms with Crippen LogP contribution in [-0.2, 0) is 13.0 Å². The van der Waals surface area contributed by atoms with Gasteiger partial charge in [-0.05, 0) is 37.0 Å². The van der Waals surface area contributed by atoms with Crippen LogP contribution in [0.5, 0.6) is 11.5 Å². The Morgan fingerprint density at radius 1 is 0.955 bits per heavy atom. The van der Waals surface area contributed by atoms with Crippen molar-refractivity contribution in [3.05, 3.63) is 59.7 Å². The van der Waals surface area contributed by atoms with Crippen LogP contribution in [0.15, 0.2) is 48.5 Å². The van der Waals surface area contributed by atoms with Gasteiger partial charge in [0.05, 0.1) is 6.61 Å². The van der Waals surface area contributed by atoms with Gasteiger partial charge in [0.1, 0.15) is 6.61 Å². The van der Waals surface area contributed by atoms with Crippen molar-refractivity contribution in [1.29, 1.82) is 0 Å². The Balaban J connectivity index is 2.20. The molecule has 22 heavy (non-hydrogen) atoms.